The molecule has 0 aliphatic carbocycles. The number of fused-ring (bicyclic) bond motifs is 1. The van der Waals surface area contributed by atoms with E-state index in [1.807, 2.05) is 49.4 Å². The maximum Gasteiger partial charge on any atom is 0.344 e. The van der Waals surface area contributed by atoms with Gasteiger partial charge in [0.05, 0.1) is 7.11 Å². The zero-order chi connectivity index (χ0) is 21.5. The Kier molecular flexibility index (Phi) is 7.12. The number of amides is 1. The molecule has 2 aromatic carbocycles. The topological polar surface area (TPSA) is 65.1 Å². The molecule has 1 amide bonds. The van der Waals surface area contributed by atoms with Gasteiger partial charge in [-0.15, -0.1) is 0 Å². The molecule has 0 radical (unpaired) electrons. The molecule has 2 aromatic rings. The van der Waals surface area contributed by atoms with Gasteiger partial charge in [-0.2, -0.15) is 0 Å². The molecule has 0 fully saturated rings. The predicted molar refractivity (Wildman–Crippen MR) is 114 cm³/mol. The van der Waals surface area contributed by atoms with Crippen LogP contribution < -0.4 is 9.47 Å². The lowest BCUT2D eigenvalue weighted by molar-refractivity contribution is -0.161. The normalized spacial score (nSPS) is 14.2. The van der Waals surface area contributed by atoms with Crippen LogP contribution in [0.4, 0.5) is 0 Å². The van der Waals surface area contributed by atoms with E-state index in [9.17, 15) is 9.59 Å². The van der Waals surface area contributed by atoms with Gasteiger partial charge in [0.2, 0.25) is 0 Å². The van der Waals surface area contributed by atoms with E-state index in [1.165, 1.54) is 12.7 Å². The molecule has 158 valence electrons. The fourth-order valence-electron chi connectivity index (χ4n) is 3.46. The third kappa shape index (κ3) is 5.20. The second kappa shape index (κ2) is 9.96. The van der Waals surface area contributed by atoms with Crippen LogP contribution in [0.5, 0.6) is 11.5 Å². The summed E-state index contributed by atoms with van der Waals surface area (Å²) in [5.74, 6) is 0.155. The molecule has 1 aliphatic rings. The third-order valence-electron chi connectivity index (χ3n) is 4.99. The average Bonchev–Trinajstić information content (AvgIpc) is 2.77. The van der Waals surface area contributed by atoms with Crippen LogP contribution >= 0.6 is 0 Å². The van der Waals surface area contributed by atoms with Gasteiger partial charge in [0.25, 0.3) is 5.91 Å². The highest BCUT2D eigenvalue weighted by Gasteiger charge is 2.27. The number of ether oxygens (including phenoxy) is 3. The highest BCUT2D eigenvalue weighted by atomic mass is 16.6. The van der Waals surface area contributed by atoms with Crippen molar-refractivity contribution in [3.63, 3.8) is 0 Å². The number of rotatable bonds is 7. The first-order valence-corrected chi connectivity index (χ1v) is 10.0. The zero-order valence-corrected chi connectivity index (χ0v) is 17.6. The Morgan fingerprint density at radius 1 is 1.13 bits per heavy atom. The number of methoxy groups -OCH3 is 1. The van der Waals surface area contributed by atoms with Crippen LogP contribution in [0.15, 0.2) is 48.5 Å². The van der Waals surface area contributed by atoms with E-state index in [0.717, 1.165) is 17.5 Å². The monoisotopic (exact) mass is 409 g/mol. The van der Waals surface area contributed by atoms with Crippen molar-refractivity contribution in [2.24, 2.45) is 0 Å². The van der Waals surface area contributed by atoms with Gasteiger partial charge in [-0.25, -0.2) is 4.79 Å². The Morgan fingerprint density at radius 2 is 1.90 bits per heavy atom. The number of hydrogen-bond donors (Lipinski definition) is 0. The molecule has 0 bridgehead atoms. The van der Waals surface area contributed by atoms with E-state index in [4.69, 9.17) is 14.2 Å². The standard InChI is InChI=1S/C24H27NO5/c1-4-7-18-10-11-21(22(14-18)28-3)29-16-23(26)30-17(2)24(27)25-13-12-19-8-5-6-9-20(19)15-25/h4-11,14,17H,12-13,15-16H2,1-3H3/b7-4+/t17-/m1/s1. The molecule has 0 N–H and O–H groups in total. The third-order valence-corrected chi connectivity index (χ3v) is 4.99. The van der Waals surface area contributed by atoms with Crippen LogP contribution in [0.25, 0.3) is 6.08 Å². The highest BCUT2D eigenvalue weighted by Crippen LogP contribution is 2.28. The molecule has 3 rings (SSSR count). The van der Waals surface area contributed by atoms with Crippen LogP contribution in [0, 0.1) is 0 Å². The molecular formula is C24H27NO5. The van der Waals surface area contributed by atoms with Gasteiger partial charge in [-0.1, -0.05) is 42.5 Å². The first-order chi connectivity index (χ1) is 14.5. The van der Waals surface area contributed by atoms with E-state index in [0.29, 0.717) is 24.6 Å². The average molecular weight is 409 g/mol. The summed E-state index contributed by atoms with van der Waals surface area (Å²) in [6, 6.07) is 13.5. The molecule has 0 saturated heterocycles. The summed E-state index contributed by atoms with van der Waals surface area (Å²) in [5, 5.41) is 0. The van der Waals surface area contributed by atoms with E-state index < -0.39 is 12.1 Å². The molecule has 1 atom stereocenters. The minimum atomic E-state index is -0.870. The number of nitrogens with zero attached hydrogens (tertiary/aromatic N) is 1. The Balaban J connectivity index is 1.53. The molecule has 1 aliphatic heterocycles. The lowest BCUT2D eigenvalue weighted by Crippen LogP contribution is -2.43. The van der Waals surface area contributed by atoms with Crippen LogP contribution in [-0.4, -0.2) is 43.1 Å². The maximum atomic E-state index is 12.7. The Hall–Kier alpha value is -3.28. The van der Waals surface area contributed by atoms with Gasteiger partial charge in [-0.3, -0.25) is 4.79 Å². The SMILES string of the molecule is C/C=C/c1ccc(OCC(=O)O[C@H](C)C(=O)N2CCc3ccccc3C2)c(OC)c1. The fourth-order valence-corrected chi connectivity index (χ4v) is 3.46. The lowest BCUT2D eigenvalue weighted by Gasteiger charge is -2.30. The van der Waals surface area contributed by atoms with Crippen molar-refractivity contribution in [3.8, 4) is 11.5 Å². The Bertz CT molecular complexity index is 937. The lowest BCUT2D eigenvalue weighted by atomic mass is 9.99. The summed E-state index contributed by atoms with van der Waals surface area (Å²) in [7, 11) is 1.54. The van der Waals surface area contributed by atoms with Crippen LogP contribution in [0.2, 0.25) is 0 Å². The largest absolute Gasteiger partial charge is 0.493 e. The van der Waals surface area contributed by atoms with Gasteiger partial charge in [0.15, 0.2) is 24.2 Å². The highest BCUT2D eigenvalue weighted by molar-refractivity contribution is 5.84. The number of carbonyl (C=O) groups excluding carboxylic acids is 2. The molecule has 6 nitrogen and oxygen atoms in total. The molecule has 0 unspecified atom stereocenters. The van der Waals surface area contributed by atoms with Gasteiger partial charge < -0.3 is 19.1 Å². The first-order valence-electron chi connectivity index (χ1n) is 10.0. The van der Waals surface area contributed by atoms with Crippen molar-refractivity contribution in [1.82, 2.24) is 4.90 Å². The van der Waals surface area contributed by atoms with Crippen LogP contribution in [-0.2, 0) is 27.3 Å². The number of hydrogen-bond acceptors (Lipinski definition) is 5. The number of allylic oxidation sites excluding steroid dienone is 1. The van der Waals surface area contributed by atoms with Crippen molar-refractivity contribution in [2.45, 2.75) is 32.9 Å². The Labute approximate surface area is 177 Å². The predicted octanol–water partition coefficient (Wildman–Crippen LogP) is 3.62. The van der Waals surface area contributed by atoms with Gasteiger partial charge >= 0.3 is 5.97 Å². The summed E-state index contributed by atoms with van der Waals surface area (Å²) >= 11 is 0. The van der Waals surface area contributed by atoms with E-state index in [1.54, 1.807) is 17.9 Å². The summed E-state index contributed by atoms with van der Waals surface area (Å²) in [4.78, 5) is 26.6. The van der Waals surface area contributed by atoms with E-state index in [2.05, 4.69) is 6.07 Å². The molecular weight excluding hydrogens is 382 g/mol. The quantitative estimate of drug-likeness (QED) is 0.654. The molecule has 1 heterocycles. The number of carbonyl (C=O) groups is 2. The first kappa shape index (κ1) is 21.4. The molecule has 6 heteroatoms. The van der Waals surface area contributed by atoms with Crippen LogP contribution in [0.1, 0.15) is 30.5 Å². The second-order valence-electron chi connectivity index (χ2n) is 7.11. The van der Waals surface area contributed by atoms with Crippen molar-refractivity contribution in [3.05, 3.63) is 65.2 Å². The van der Waals surface area contributed by atoms with E-state index in [-0.39, 0.29) is 12.5 Å². The second-order valence-corrected chi connectivity index (χ2v) is 7.11. The molecule has 0 aromatic heterocycles. The van der Waals surface area contributed by atoms with Crippen molar-refractivity contribution in [1.29, 1.82) is 0 Å². The van der Waals surface area contributed by atoms with E-state index >= 15 is 0 Å². The summed E-state index contributed by atoms with van der Waals surface area (Å²) in [6.07, 6.45) is 3.79. The maximum absolute atomic E-state index is 12.7. The van der Waals surface area contributed by atoms with Crippen LogP contribution in [0.3, 0.4) is 0 Å². The van der Waals surface area contributed by atoms with Gasteiger partial charge in [-0.05, 0) is 49.1 Å². The fraction of sp³-hybridized carbons (Fsp3) is 0.333. The Morgan fingerprint density at radius 3 is 2.63 bits per heavy atom. The van der Waals surface area contributed by atoms with Gasteiger partial charge in [0.1, 0.15) is 0 Å². The van der Waals surface area contributed by atoms with Crippen molar-refractivity contribution < 1.29 is 23.8 Å². The van der Waals surface area contributed by atoms with Crippen molar-refractivity contribution >= 4 is 18.0 Å². The minimum Gasteiger partial charge on any atom is -0.493 e. The minimum absolute atomic E-state index is 0.203. The summed E-state index contributed by atoms with van der Waals surface area (Å²) in [6.45, 7) is 4.36. The van der Waals surface area contributed by atoms with Gasteiger partial charge in [0, 0.05) is 13.1 Å². The smallest absolute Gasteiger partial charge is 0.344 e. The summed E-state index contributed by atoms with van der Waals surface area (Å²) in [5.41, 5.74) is 3.35. The van der Waals surface area contributed by atoms with Crippen molar-refractivity contribution in [2.75, 3.05) is 20.3 Å². The zero-order valence-electron chi connectivity index (χ0n) is 17.6. The molecule has 0 spiro atoms. The summed E-state index contributed by atoms with van der Waals surface area (Å²) < 4.78 is 16.2. The molecule has 0 saturated carbocycles. The number of esters is 1. The molecule has 30 heavy (non-hydrogen) atoms. The number of benzene rings is 2.